The maximum Gasteiger partial charge on any atom is 0.468 e. The third kappa shape index (κ3) is 7.92. The van der Waals surface area contributed by atoms with Crippen LogP contribution in [0.4, 0.5) is 43.9 Å². The Hall–Kier alpha value is -2.15. The molecule has 8 nitrogen and oxygen atoms in total. The number of halogens is 10. The number of alkyl halides is 10. The third-order valence-corrected chi connectivity index (χ3v) is 4.76. The molecule has 0 saturated heterocycles. The van der Waals surface area contributed by atoms with Crippen molar-refractivity contribution in [3.05, 3.63) is 12.2 Å². The van der Waals surface area contributed by atoms with Crippen LogP contribution in [0.3, 0.4) is 0 Å². The fourth-order valence-electron chi connectivity index (χ4n) is 1.98. The number of ether oxygens (including phenoxy) is 3. The first-order valence-electron chi connectivity index (χ1n) is 9.06. The monoisotopic (exact) mass is 559 g/mol. The molecule has 0 aromatic rings. The molecule has 0 radical (unpaired) electrons. The Morgan fingerprint density at radius 1 is 0.914 bits per heavy atom. The molecular formula is C16H17F10O8S-. The summed E-state index contributed by atoms with van der Waals surface area (Å²) in [5.74, 6) is -15.7. The first-order valence-corrected chi connectivity index (χ1v) is 10.5. The van der Waals surface area contributed by atoms with Crippen molar-refractivity contribution in [2.24, 2.45) is 0 Å². The lowest BCUT2D eigenvalue weighted by Gasteiger charge is -2.32. The van der Waals surface area contributed by atoms with Gasteiger partial charge in [-0.15, -0.1) is 0 Å². The zero-order valence-corrected chi connectivity index (χ0v) is 18.2. The van der Waals surface area contributed by atoms with Gasteiger partial charge in [-0.25, -0.2) is 18.0 Å². The molecule has 0 aliphatic heterocycles. The van der Waals surface area contributed by atoms with Crippen molar-refractivity contribution in [2.45, 2.75) is 61.9 Å². The van der Waals surface area contributed by atoms with Crippen molar-refractivity contribution >= 4 is 22.1 Å². The zero-order chi connectivity index (χ0) is 28.1. The fraction of sp³-hybridized carbons (Fsp3) is 0.750. The Morgan fingerprint density at radius 2 is 1.43 bits per heavy atom. The lowest BCUT2D eigenvalue weighted by atomic mass is 10.1. The molecule has 0 rings (SSSR count). The van der Waals surface area contributed by atoms with Gasteiger partial charge >= 0.3 is 41.3 Å². The van der Waals surface area contributed by atoms with E-state index >= 15 is 0 Å². The Morgan fingerprint density at radius 3 is 1.83 bits per heavy atom. The molecule has 0 heterocycles. The zero-order valence-electron chi connectivity index (χ0n) is 17.4. The molecule has 0 spiro atoms. The molecule has 0 aliphatic carbocycles. The maximum absolute atomic E-state index is 13.6. The molecule has 1 unspecified atom stereocenters. The fourth-order valence-corrected chi connectivity index (χ4v) is 2.44. The van der Waals surface area contributed by atoms with Gasteiger partial charge in [-0.05, 0) is 19.3 Å². The minimum atomic E-state index is -6.83. The van der Waals surface area contributed by atoms with E-state index in [-0.39, 0.29) is 6.42 Å². The molecule has 206 valence electrons. The largest absolute Gasteiger partial charge is 0.743 e. The van der Waals surface area contributed by atoms with Crippen LogP contribution in [0.1, 0.15) is 32.6 Å². The predicted molar refractivity (Wildman–Crippen MR) is 90.7 cm³/mol. The van der Waals surface area contributed by atoms with Crippen LogP contribution < -0.4 is 0 Å². The van der Waals surface area contributed by atoms with Crippen LogP contribution in [-0.4, -0.2) is 67.4 Å². The Labute approximate surface area is 190 Å². The molecule has 0 aromatic heterocycles. The standard InChI is InChI=1S/C16H18F10O8S/c1-3-7-32-11(28)13(15(22,23)24,34-10(27)9(2)14(19,20)21)33-8-5-4-6-12(17,18)16(25,26)35(29,30)31/h2-8H2,1H3,(H,29,30,31)/p-1. The van der Waals surface area contributed by atoms with E-state index in [0.717, 1.165) is 0 Å². The van der Waals surface area contributed by atoms with Gasteiger partial charge in [0.05, 0.1) is 13.2 Å². The van der Waals surface area contributed by atoms with Crippen LogP contribution in [-0.2, 0) is 33.9 Å². The van der Waals surface area contributed by atoms with E-state index in [2.05, 4.69) is 20.8 Å². The molecule has 0 bridgehead atoms. The Kier molecular flexibility index (Phi) is 10.6. The first-order chi connectivity index (χ1) is 15.5. The van der Waals surface area contributed by atoms with E-state index < -0.39 is 89.4 Å². The van der Waals surface area contributed by atoms with Crippen LogP contribution in [0.25, 0.3) is 0 Å². The van der Waals surface area contributed by atoms with E-state index in [4.69, 9.17) is 0 Å². The first kappa shape index (κ1) is 32.8. The number of hydrogen-bond donors (Lipinski definition) is 0. The molecule has 0 aromatic carbocycles. The second-order valence-corrected chi connectivity index (χ2v) is 8.02. The van der Waals surface area contributed by atoms with Crippen LogP contribution in [0, 0.1) is 0 Å². The van der Waals surface area contributed by atoms with Crippen LogP contribution in [0.15, 0.2) is 12.2 Å². The summed E-state index contributed by atoms with van der Waals surface area (Å²) in [5, 5.41) is -6.08. The molecule has 0 aliphatic rings. The molecule has 0 fully saturated rings. The highest BCUT2D eigenvalue weighted by Gasteiger charge is 2.68. The van der Waals surface area contributed by atoms with E-state index in [9.17, 15) is 66.5 Å². The number of carbonyl (C=O) groups is 2. The second-order valence-electron chi connectivity index (χ2n) is 6.60. The van der Waals surface area contributed by atoms with Crippen LogP contribution in [0.5, 0.6) is 0 Å². The molecule has 0 amide bonds. The van der Waals surface area contributed by atoms with Gasteiger partial charge in [0.2, 0.25) is 0 Å². The number of esters is 2. The summed E-state index contributed by atoms with van der Waals surface area (Å²) >= 11 is 0. The number of carbonyl (C=O) groups excluding carboxylic acids is 2. The molecule has 0 N–H and O–H groups in total. The average molecular weight is 559 g/mol. The van der Waals surface area contributed by atoms with E-state index in [1.807, 2.05) is 0 Å². The Bertz CT molecular complexity index is 882. The quantitative estimate of drug-likeness (QED) is 0.0835. The number of rotatable bonds is 13. The second kappa shape index (κ2) is 11.3. The lowest BCUT2D eigenvalue weighted by Crippen LogP contribution is -2.58. The highest BCUT2D eigenvalue weighted by atomic mass is 32.2. The van der Waals surface area contributed by atoms with Crippen molar-refractivity contribution in [1.29, 1.82) is 0 Å². The van der Waals surface area contributed by atoms with Crippen LogP contribution in [0.2, 0.25) is 0 Å². The minimum Gasteiger partial charge on any atom is -0.743 e. The van der Waals surface area contributed by atoms with Gasteiger partial charge in [-0.1, -0.05) is 13.5 Å². The molecule has 19 heteroatoms. The van der Waals surface area contributed by atoms with Crippen molar-refractivity contribution in [2.75, 3.05) is 13.2 Å². The maximum atomic E-state index is 13.6. The highest BCUT2D eigenvalue weighted by Crippen LogP contribution is 2.42. The SMILES string of the molecule is C=C(C(=O)OC(OCCCCC(F)(F)C(F)(F)S(=O)(=O)[O-])(C(=O)OCCC)C(F)(F)F)C(F)(F)F. The smallest absolute Gasteiger partial charge is 0.468 e. The summed E-state index contributed by atoms with van der Waals surface area (Å²) in [4.78, 5) is 23.5. The van der Waals surface area contributed by atoms with E-state index in [1.165, 1.54) is 6.92 Å². The number of unbranched alkanes of at least 4 members (excludes halogenated alkanes) is 1. The molecule has 0 saturated carbocycles. The van der Waals surface area contributed by atoms with Crippen molar-refractivity contribution in [3.63, 3.8) is 0 Å². The Balaban J connectivity index is 5.74. The molecular weight excluding hydrogens is 542 g/mol. The van der Waals surface area contributed by atoms with Gasteiger partial charge in [0.25, 0.3) is 0 Å². The normalized spacial score (nSPS) is 15.3. The summed E-state index contributed by atoms with van der Waals surface area (Å²) in [6.07, 6.45) is -16.2. The van der Waals surface area contributed by atoms with E-state index in [1.54, 1.807) is 0 Å². The summed E-state index contributed by atoms with van der Waals surface area (Å²) in [5.41, 5.74) is -2.49. The topological polar surface area (TPSA) is 119 Å². The van der Waals surface area contributed by atoms with Gasteiger partial charge in [0.1, 0.15) is 5.57 Å². The van der Waals surface area contributed by atoms with E-state index in [0.29, 0.717) is 0 Å². The number of hydrogen-bond acceptors (Lipinski definition) is 8. The summed E-state index contributed by atoms with van der Waals surface area (Å²) in [7, 11) is -6.83. The van der Waals surface area contributed by atoms with Crippen LogP contribution >= 0.6 is 0 Å². The van der Waals surface area contributed by atoms with Gasteiger partial charge < -0.3 is 18.8 Å². The van der Waals surface area contributed by atoms with Gasteiger partial charge in [-0.2, -0.15) is 43.9 Å². The van der Waals surface area contributed by atoms with Crippen molar-refractivity contribution < 1.29 is 80.7 Å². The predicted octanol–water partition coefficient (Wildman–Crippen LogP) is 3.82. The molecule has 1 atom stereocenters. The van der Waals surface area contributed by atoms with Gasteiger partial charge in [0.15, 0.2) is 10.1 Å². The van der Waals surface area contributed by atoms with Gasteiger partial charge in [-0.3, -0.25) is 0 Å². The molecule has 35 heavy (non-hydrogen) atoms. The van der Waals surface area contributed by atoms with Crippen molar-refractivity contribution in [1.82, 2.24) is 0 Å². The van der Waals surface area contributed by atoms with Gasteiger partial charge in [0, 0.05) is 6.42 Å². The summed E-state index contributed by atoms with van der Waals surface area (Å²) < 4.78 is 174. The lowest BCUT2D eigenvalue weighted by molar-refractivity contribution is -0.355. The summed E-state index contributed by atoms with van der Waals surface area (Å²) in [6, 6.07) is 0. The third-order valence-electron chi connectivity index (χ3n) is 3.83. The highest BCUT2D eigenvalue weighted by molar-refractivity contribution is 7.86. The average Bonchev–Trinajstić information content (AvgIpc) is 2.67. The minimum absolute atomic E-state index is 0.116. The summed E-state index contributed by atoms with van der Waals surface area (Å²) in [6.45, 7) is 1.19. The van der Waals surface area contributed by atoms with Crippen molar-refractivity contribution in [3.8, 4) is 0 Å².